The SMILES string of the molecule is CC(C)c1cc(Br)ccc1Oc1cc(C#N)ccc1N. The number of hydrogen-bond donors (Lipinski definition) is 1. The maximum Gasteiger partial charge on any atom is 0.151 e. The lowest BCUT2D eigenvalue weighted by Crippen LogP contribution is -1.97. The van der Waals surface area contributed by atoms with Crippen molar-refractivity contribution in [2.24, 2.45) is 0 Å². The van der Waals surface area contributed by atoms with Crippen LogP contribution in [0.2, 0.25) is 0 Å². The smallest absolute Gasteiger partial charge is 0.151 e. The molecule has 0 saturated heterocycles. The Balaban J connectivity index is 2.42. The van der Waals surface area contributed by atoms with Gasteiger partial charge in [0, 0.05) is 10.5 Å². The number of benzene rings is 2. The minimum atomic E-state index is 0.322. The first-order valence-electron chi connectivity index (χ1n) is 6.28. The van der Waals surface area contributed by atoms with E-state index in [9.17, 15) is 0 Å². The van der Waals surface area contributed by atoms with Gasteiger partial charge in [-0.15, -0.1) is 0 Å². The maximum absolute atomic E-state index is 8.95. The molecule has 2 N–H and O–H groups in total. The Morgan fingerprint density at radius 2 is 1.90 bits per heavy atom. The van der Waals surface area contributed by atoms with Crippen molar-refractivity contribution in [3.8, 4) is 17.6 Å². The number of anilines is 1. The molecule has 0 aliphatic carbocycles. The third-order valence-corrected chi connectivity index (χ3v) is 3.45. The summed E-state index contributed by atoms with van der Waals surface area (Å²) in [6, 6.07) is 12.9. The molecule has 0 unspecified atom stereocenters. The summed E-state index contributed by atoms with van der Waals surface area (Å²) in [5.41, 5.74) is 8.03. The van der Waals surface area contributed by atoms with Crippen LogP contribution in [0.5, 0.6) is 11.5 Å². The molecule has 2 aromatic carbocycles. The van der Waals surface area contributed by atoms with Gasteiger partial charge in [-0.25, -0.2) is 0 Å². The molecule has 2 rings (SSSR count). The topological polar surface area (TPSA) is 59.0 Å². The van der Waals surface area contributed by atoms with Gasteiger partial charge in [0.05, 0.1) is 17.3 Å². The van der Waals surface area contributed by atoms with Crippen molar-refractivity contribution in [2.45, 2.75) is 19.8 Å². The van der Waals surface area contributed by atoms with Crippen molar-refractivity contribution >= 4 is 21.6 Å². The summed E-state index contributed by atoms with van der Waals surface area (Å²) >= 11 is 3.46. The highest BCUT2D eigenvalue weighted by molar-refractivity contribution is 9.10. The largest absolute Gasteiger partial charge is 0.455 e. The van der Waals surface area contributed by atoms with E-state index in [1.807, 2.05) is 18.2 Å². The van der Waals surface area contributed by atoms with E-state index in [1.165, 1.54) is 0 Å². The molecule has 0 aromatic heterocycles. The van der Waals surface area contributed by atoms with Gasteiger partial charge in [-0.1, -0.05) is 29.8 Å². The van der Waals surface area contributed by atoms with E-state index < -0.39 is 0 Å². The molecule has 0 radical (unpaired) electrons. The van der Waals surface area contributed by atoms with Crippen molar-refractivity contribution in [1.29, 1.82) is 5.26 Å². The number of nitrogen functional groups attached to an aromatic ring is 1. The van der Waals surface area contributed by atoms with Crippen molar-refractivity contribution in [3.63, 3.8) is 0 Å². The van der Waals surface area contributed by atoms with E-state index >= 15 is 0 Å². The summed E-state index contributed by atoms with van der Waals surface area (Å²) in [6.07, 6.45) is 0. The Kier molecular flexibility index (Phi) is 4.31. The Bertz CT molecular complexity index is 675. The van der Waals surface area contributed by atoms with Gasteiger partial charge in [-0.05, 0) is 41.8 Å². The number of nitrogens with zero attached hydrogens (tertiary/aromatic N) is 1. The van der Waals surface area contributed by atoms with Crippen LogP contribution in [0.25, 0.3) is 0 Å². The standard InChI is InChI=1S/C16H15BrN2O/c1-10(2)13-8-12(17)4-6-15(13)20-16-7-11(9-18)3-5-14(16)19/h3-8,10H,19H2,1-2H3. The summed E-state index contributed by atoms with van der Waals surface area (Å²) < 4.78 is 6.91. The molecule has 0 spiro atoms. The Morgan fingerprint density at radius 1 is 1.15 bits per heavy atom. The highest BCUT2D eigenvalue weighted by atomic mass is 79.9. The summed E-state index contributed by atoms with van der Waals surface area (Å²) in [6.45, 7) is 4.20. The zero-order valence-electron chi connectivity index (χ0n) is 11.4. The molecule has 0 atom stereocenters. The number of hydrogen-bond acceptors (Lipinski definition) is 3. The lowest BCUT2D eigenvalue weighted by atomic mass is 10.0. The Morgan fingerprint density at radius 3 is 2.55 bits per heavy atom. The van der Waals surface area contributed by atoms with Crippen LogP contribution in [0.15, 0.2) is 40.9 Å². The second-order valence-electron chi connectivity index (χ2n) is 4.80. The predicted octanol–water partition coefficient (Wildman–Crippen LogP) is 4.82. The van der Waals surface area contributed by atoms with Crippen LogP contribution in [-0.2, 0) is 0 Å². The lowest BCUT2D eigenvalue weighted by molar-refractivity contribution is 0.475. The third kappa shape index (κ3) is 3.12. The fourth-order valence-electron chi connectivity index (χ4n) is 1.87. The molecule has 0 fully saturated rings. The van der Waals surface area contributed by atoms with Gasteiger partial charge in [-0.2, -0.15) is 5.26 Å². The van der Waals surface area contributed by atoms with Crippen molar-refractivity contribution in [1.82, 2.24) is 0 Å². The van der Waals surface area contributed by atoms with Crippen LogP contribution in [-0.4, -0.2) is 0 Å². The molecule has 20 heavy (non-hydrogen) atoms. The minimum Gasteiger partial charge on any atom is -0.455 e. The molecule has 0 aliphatic rings. The number of halogens is 1. The molecule has 0 bridgehead atoms. The van der Waals surface area contributed by atoms with Crippen molar-refractivity contribution in [3.05, 3.63) is 52.0 Å². The number of rotatable bonds is 3. The third-order valence-electron chi connectivity index (χ3n) is 2.96. The van der Waals surface area contributed by atoms with E-state index in [2.05, 4.69) is 35.8 Å². The Hall–Kier alpha value is -1.99. The van der Waals surface area contributed by atoms with Crippen LogP contribution in [0.1, 0.15) is 30.9 Å². The van der Waals surface area contributed by atoms with Crippen LogP contribution < -0.4 is 10.5 Å². The van der Waals surface area contributed by atoms with Crippen molar-refractivity contribution < 1.29 is 4.74 Å². The highest BCUT2D eigenvalue weighted by Gasteiger charge is 2.11. The van der Waals surface area contributed by atoms with E-state index in [1.54, 1.807) is 18.2 Å². The second-order valence-corrected chi connectivity index (χ2v) is 5.72. The lowest BCUT2D eigenvalue weighted by Gasteiger charge is -2.15. The molecule has 102 valence electrons. The molecule has 3 nitrogen and oxygen atoms in total. The average Bonchev–Trinajstić information content (AvgIpc) is 2.42. The zero-order valence-corrected chi connectivity index (χ0v) is 12.9. The molecular weight excluding hydrogens is 316 g/mol. The monoisotopic (exact) mass is 330 g/mol. The van der Waals surface area contributed by atoms with Gasteiger partial charge in [0.15, 0.2) is 5.75 Å². The summed E-state index contributed by atoms with van der Waals surface area (Å²) in [4.78, 5) is 0. The second kappa shape index (κ2) is 5.98. The summed E-state index contributed by atoms with van der Waals surface area (Å²) in [5, 5.41) is 8.95. The van der Waals surface area contributed by atoms with Gasteiger partial charge in [0.25, 0.3) is 0 Å². The molecular formula is C16H15BrN2O. The van der Waals surface area contributed by atoms with Crippen LogP contribution in [0.4, 0.5) is 5.69 Å². The Labute approximate surface area is 127 Å². The van der Waals surface area contributed by atoms with E-state index in [0.29, 0.717) is 22.9 Å². The van der Waals surface area contributed by atoms with Gasteiger partial charge in [0.1, 0.15) is 5.75 Å². The number of nitrogens with two attached hydrogens (primary N) is 1. The van der Waals surface area contributed by atoms with E-state index in [-0.39, 0.29) is 0 Å². The molecule has 0 aliphatic heterocycles. The predicted molar refractivity (Wildman–Crippen MR) is 83.9 cm³/mol. The average molecular weight is 331 g/mol. The molecule has 0 saturated carbocycles. The minimum absolute atomic E-state index is 0.322. The van der Waals surface area contributed by atoms with Crippen LogP contribution in [0, 0.1) is 11.3 Å². The fraction of sp³-hybridized carbons (Fsp3) is 0.188. The number of nitriles is 1. The molecule has 0 heterocycles. The van der Waals surface area contributed by atoms with Gasteiger partial charge < -0.3 is 10.5 Å². The first-order valence-corrected chi connectivity index (χ1v) is 7.07. The summed E-state index contributed by atoms with van der Waals surface area (Å²) in [5.74, 6) is 1.58. The molecule has 2 aromatic rings. The van der Waals surface area contributed by atoms with Gasteiger partial charge in [-0.3, -0.25) is 0 Å². The zero-order chi connectivity index (χ0) is 14.7. The highest BCUT2D eigenvalue weighted by Crippen LogP contribution is 2.35. The molecule has 4 heteroatoms. The number of ether oxygens (including phenoxy) is 1. The summed E-state index contributed by atoms with van der Waals surface area (Å²) in [7, 11) is 0. The van der Waals surface area contributed by atoms with Gasteiger partial charge >= 0.3 is 0 Å². The quantitative estimate of drug-likeness (QED) is 0.821. The maximum atomic E-state index is 8.95. The van der Waals surface area contributed by atoms with Crippen LogP contribution in [0.3, 0.4) is 0 Å². The van der Waals surface area contributed by atoms with Crippen molar-refractivity contribution in [2.75, 3.05) is 5.73 Å². The van der Waals surface area contributed by atoms with Gasteiger partial charge in [0.2, 0.25) is 0 Å². The molecule has 0 amide bonds. The fourth-order valence-corrected chi connectivity index (χ4v) is 2.25. The van der Waals surface area contributed by atoms with E-state index in [0.717, 1.165) is 15.8 Å². The van der Waals surface area contributed by atoms with E-state index in [4.69, 9.17) is 15.7 Å². The first-order chi connectivity index (χ1) is 9.51. The van der Waals surface area contributed by atoms with Crippen LogP contribution >= 0.6 is 15.9 Å². The normalized spacial score (nSPS) is 10.3. The first kappa shape index (κ1) is 14.4.